The Kier molecular flexibility index (Phi) is 5.11. The molecule has 22 heavy (non-hydrogen) atoms. The van der Waals surface area contributed by atoms with Gasteiger partial charge >= 0.3 is 5.69 Å². The van der Waals surface area contributed by atoms with Gasteiger partial charge in [-0.3, -0.25) is 15.1 Å². The summed E-state index contributed by atoms with van der Waals surface area (Å²) in [5.74, 6) is 0.324. The summed E-state index contributed by atoms with van der Waals surface area (Å²) in [4.78, 5) is 14.4. The van der Waals surface area contributed by atoms with Gasteiger partial charge in [0.25, 0.3) is 0 Å². The third-order valence-electron chi connectivity index (χ3n) is 2.78. The maximum absolute atomic E-state index is 10.9. The molecule has 0 aliphatic rings. The zero-order chi connectivity index (χ0) is 16.1. The Hall–Kier alpha value is -2.41. The second-order valence-electron chi connectivity index (χ2n) is 4.30. The maximum Gasteiger partial charge on any atom is 0.312 e. The average molecular weight is 365 g/mol. The minimum atomic E-state index is -0.645. The van der Waals surface area contributed by atoms with E-state index in [1.165, 1.54) is 12.3 Å². The van der Waals surface area contributed by atoms with Gasteiger partial charge in [-0.15, -0.1) is 0 Å². The zero-order valence-corrected chi connectivity index (χ0v) is 13.3. The molecule has 0 unspecified atom stereocenters. The molecule has 0 spiro atoms. The fourth-order valence-corrected chi connectivity index (χ4v) is 2.25. The van der Waals surface area contributed by atoms with Crippen molar-refractivity contribution in [1.82, 2.24) is 0 Å². The highest BCUT2D eigenvalue weighted by Crippen LogP contribution is 2.32. The van der Waals surface area contributed by atoms with Crippen molar-refractivity contribution in [1.29, 1.82) is 0 Å². The first-order valence-corrected chi connectivity index (χ1v) is 7.24. The molecular weight excluding hydrogens is 352 g/mol. The van der Waals surface area contributed by atoms with Crippen LogP contribution in [0.5, 0.6) is 11.5 Å². The largest absolute Gasteiger partial charge is 0.502 e. The molecule has 2 rings (SSSR count). The first-order valence-electron chi connectivity index (χ1n) is 6.45. The van der Waals surface area contributed by atoms with E-state index in [0.29, 0.717) is 16.8 Å². The van der Waals surface area contributed by atoms with Crippen LogP contribution in [0.1, 0.15) is 12.5 Å². The molecule has 2 aromatic rings. The third-order valence-corrected chi connectivity index (χ3v) is 3.24. The van der Waals surface area contributed by atoms with Crippen LogP contribution in [-0.4, -0.2) is 22.9 Å². The van der Waals surface area contributed by atoms with E-state index in [4.69, 9.17) is 4.74 Å². The predicted octanol–water partition coefficient (Wildman–Crippen LogP) is 4.21. The molecule has 0 aliphatic carbocycles. The Morgan fingerprint density at radius 3 is 2.64 bits per heavy atom. The molecule has 0 amide bonds. The number of aliphatic imine (C=N–C) groups is 1. The molecule has 6 nitrogen and oxygen atoms in total. The summed E-state index contributed by atoms with van der Waals surface area (Å²) < 4.78 is 5.82. The molecule has 2 aromatic carbocycles. The number of benzene rings is 2. The Bertz CT molecular complexity index is 714. The molecule has 0 fully saturated rings. The molecule has 0 bridgehead atoms. The number of ether oxygens (including phenoxy) is 1. The molecule has 0 atom stereocenters. The lowest BCUT2D eigenvalue weighted by Gasteiger charge is -2.03. The van der Waals surface area contributed by atoms with Crippen molar-refractivity contribution in [3.8, 4) is 11.5 Å². The Balaban J connectivity index is 2.28. The first-order chi connectivity index (χ1) is 10.5. The van der Waals surface area contributed by atoms with E-state index in [1.807, 2.05) is 6.92 Å². The van der Waals surface area contributed by atoms with Gasteiger partial charge in [0.15, 0.2) is 0 Å². The molecule has 7 heteroatoms. The summed E-state index contributed by atoms with van der Waals surface area (Å²) in [6.07, 6.45) is 1.38. The highest BCUT2D eigenvalue weighted by Gasteiger charge is 2.17. The number of nitrogens with zero attached hydrogens (tertiary/aromatic N) is 2. The predicted molar refractivity (Wildman–Crippen MR) is 87.3 cm³/mol. The van der Waals surface area contributed by atoms with Gasteiger partial charge in [-0.05, 0) is 37.3 Å². The van der Waals surface area contributed by atoms with Gasteiger partial charge in [-0.25, -0.2) is 0 Å². The highest BCUT2D eigenvalue weighted by atomic mass is 79.9. The quantitative estimate of drug-likeness (QED) is 0.489. The molecule has 0 saturated heterocycles. The molecular formula is C15H13BrN2O4. The van der Waals surface area contributed by atoms with Crippen LogP contribution < -0.4 is 4.74 Å². The van der Waals surface area contributed by atoms with Crippen molar-refractivity contribution in [3.63, 3.8) is 0 Å². The van der Waals surface area contributed by atoms with Crippen LogP contribution in [0.4, 0.5) is 11.4 Å². The van der Waals surface area contributed by atoms with Crippen LogP contribution in [0, 0.1) is 10.1 Å². The van der Waals surface area contributed by atoms with Crippen molar-refractivity contribution in [3.05, 3.63) is 56.5 Å². The minimum Gasteiger partial charge on any atom is -0.502 e. The van der Waals surface area contributed by atoms with Gasteiger partial charge in [0.2, 0.25) is 5.75 Å². The number of phenols is 1. The Morgan fingerprint density at radius 1 is 1.36 bits per heavy atom. The molecule has 0 saturated carbocycles. The van der Waals surface area contributed by atoms with Crippen LogP contribution in [0.3, 0.4) is 0 Å². The molecule has 114 valence electrons. The lowest BCUT2D eigenvalue weighted by molar-refractivity contribution is -0.385. The fraction of sp³-hybridized carbons (Fsp3) is 0.133. The SMILES string of the molecule is CCOc1ccc(/N=C/c2cc(Br)cc([N+](=O)[O-])c2O)cc1. The highest BCUT2D eigenvalue weighted by molar-refractivity contribution is 9.10. The van der Waals surface area contributed by atoms with Gasteiger partial charge in [-0.2, -0.15) is 0 Å². The number of nitro benzene ring substituents is 1. The van der Waals surface area contributed by atoms with Gasteiger partial charge in [0.05, 0.1) is 17.2 Å². The van der Waals surface area contributed by atoms with Gasteiger partial charge < -0.3 is 9.84 Å². The van der Waals surface area contributed by atoms with Crippen molar-refractivity contribution in [2.24, 2.45) is 4.99 Å². The molecule has 0 aliphatic heterocycles. The number of nitro groups is 1. The second-order valence-corrected chi connectivity index (χ2v) is 5.22. The van der Waals surface area contributed by atoms with E-state index in [-0.39, 0.29) is 11.3 Å². The summed E-state index contributed by atoms with van der Waals surface area (Å²) in [6, 6.07) is 9.86. The van der Waals surface area contributed by atoms with E-state index in [0.717, 1.165) is 5.75 Å². The van der Waals surface area contributed by atoms with Crippen molar-refractivity contribution in [2.75, 3.05) is 6.61 Å². The summed E-state index contributed by atoms with van der Waals surface area (Å²) >= 11 is 3.17. The lowest BCUT2D eigenvalue weighted by Crippen LogP contribution is -1.92. The summed E-state index contributed by atoms with van der Waals surface area (Å²) in [6.45, 7) is 2.48. The fourth-order valence-electron chi connectivity index (χ4n) is 1.78. The summed E-state index contributed by atoms with van der Waals surface area (Å²) in [7, 11) is 0. The summed E-state index contributed by atoms with van der Waals surface area (Å²) in [5.41, 5.74) is 0.531. The lowest BCUT2D eigenvalue weighted by atomic mass is 10.2. The number of halogens is 1. The number of hydrogen-bond acceptors (Lipinski definition) is 5. The number of phenolic OH excluding ortho intramolecular Hbond substituents is 1. The number of rotatable bonds is 5. The van der Waals surface area contributed by atoms with Gasteiger partial charge in [-0.1, -0.05) is 15.9 Å². The van der Waals surface area contributed by atoms with E-state index in [2.05, 4.69) is 20.9 Å². The van der Waals surface area contributed by atoms with Crippen LogP contribution in [0.2, 0.25) is 0 Å². The van der Waals surface area contributed by atoms with Crippen molar-refractivity contribution < 1.29 is 14.8 Å². The van der Waals surface area contributed by atoms with E-state index >= 15 is 0 Å². The molecule has 0 heterocycles. The molecule has 1 N–H and O–H groups in total. The van der Waals surface area contributed by atoms with E-state index in [1.54, 1.807) is 30.3 Å². The van der Waals surface area contributed by atoms with Gasteiger partial charge in [0.1, 0.15) is 5.75 Å². The standard InChI is InChI=1S/C15H13BrN2O4/c1-2-22-13-5-3-12(4-6-13)17-9-10-7-11(16)8-14(15(10)19)18(20)21/h3-9,19H,2H2,1H3/b17-9+. The van der Waals surface area contributed by atoms with E-state index in [9.17, 15) is 15.2 Å². The summed E-state index contributed by atoms with van der Waals surface area (Å²) in [5, 5.41) is 20.8. The smallest absolute Gasteiger partial charge is 0.312 e. The van der Waals surface area contributed by atoms with Crippen LogP contribution in [0.15, 0.2) is 45.9 Å². The molecule has 0 radical (unpaired) electrons. The van der Waals surface area contributed by atoms with Crippen LogP contribution >= 0.6 is 15.9 Å². The van der Waals surface area contributed by atoms with Crippen LogP contribution in [0.25, 0.3) is 0 Å². The monoisotopic (exact) mass is 364 g/mol. The van der Waals surface area contributed by atoms with Crippen molar-refractivity contribution in [2.45, 2.75) is 6.92 Å². The van der Waals surface area contributed by atoms with E-state index < -0.39 is 10.7 Å². The average Bonchev–Trinajstić information content (AvgIpc) is 2.49. The topological polar surface area (TPSA) is 85.0 Å². The Labute approximate surface area is 135 Å². The normalized spacial score (nSPS) is 10.8. The van der Waals surface area contributed by atoms with Crippen molar-refractivity contribution >= 4 is 33.5 Å². The third kappa shape index (κ3) is 3.82. The Morgan fingerprint density at radius 2 is 2.05 bits per heavy atom. The minimum absolute atomic E-state index is 0.259. The maximum atomic E-state index is 10.9. The molecule has 0 aromatic heterocycles. The number of hydrogen-bond donors (Lipinski definition) is 1. The number of aromatic hydroxyl groups is 1. The van der Waals surface area contributed by atoms with Gasteiger partial charge in [0, 0.05) is 22.3 Å². The second kappa shape index (κ2) is 7.04. The zero-order valence-electron chi connectivity index (χ0n) is 11.7. The van der Waals surface area contributed by atoms with Crippen LogP contribution in [-0.2, 0) is 0 Å². The first kappa shape index (κ1) is 16.0.